The molecule has 5 rings (SSSR count). The third-order valence-electron chi connectivity index (χ3n) is 7.95. The molecule has 1 nitrogen and oxygen atoms in total. The molecule has 3 aliphatic carbocycles. The Kier molecular flexibility index (Phi) is 6.78. The van der Waals surface area contributed by atoms with Crippen molar-refractivity contribution in [1.29, 1.82) is 0 Å². The van der Waals surface area contributed by atoms with Gasteiger partial charge in [-0.1, -0.05) is 114 Å². The fourth-order valence-corrected chi connectivity index (χ4v) is 5.51. The number of hydrogen-bond donors (Lipinski definition) is 0. The van der Waals surface area contributed by atoms with E-state index in [1.165, 1.54) is 50.5 Å². The summed E-state index contributed by atoms with van der Waals surface area (Å²) in [5.41, 5.74) is 16.6. The van der Waals surface area contributed by atoms with Gasteiger partial charge in [0.25, 0.3) is 0 Å². The summed E-state index contributed by atoms with van der Waals surface area (Å²) in [5.74, 6) is 0. The fraction of sp³-hybridized carbons (Fsp3) is 0.361. The fourth-order valence-electron chi connectivity index (χ4n) is 5.51. The van der Waals surface area contributed by atoms with Crippen molar-refractivity contribution < 1.29 is 0 Å². The third-order valence-corrected chi connectivity index (χ3v) is 7.95. The van der Waals surface area contributed by atoms with Crippen LogP contribution in [0.4, 0.5) is 5.69 Å². The van der Waals surface area contributed by atoms with Crippen molar-refractivity contribution in [2.45, 2.75) is 79.1 Å². The number of para-hydroxylation sites is 1. The van der Waals surface area contributed by atoms with Crippen molar-refractivity contribution >= 4 is 11.3 Å². The van der Waals surface area contributed by atoms with Gasteiger partial charge in [-0.3, -0.25) is 0 Å². The molecule has 0 saturated carbocycles. The number of rotatable bonds is 5. The number of hydrogen-bond acceptors (Lipinski definition) is 1. The molecule has 0 unspecified atom stereocenters. The van der Waals surface area contributed by atoms with Gasteiger partial charge in [0.1, 0.15) is 0 Å². The van der Waals surface area contributed by atoms with Gasteiger partial charge in [-0.15, -0.1) is 0 Å². The Labute approximate surface area is 224 Å². The summed E-state index contributed by atoms with van der Waals surface area (Å²) < 4.78 is 0. The van der Waals surface area contributed by atoms with Gasteiger partial charge in [-0.2, -0.15) is 0 Å². The second-order valence-corrected chi connectivity index (χ2v) is 12.7. The Morgan fingerprint density at radius 1 is 0.649 bits per heavy atom. The molecule has 190 valence electrons. The predicted octanol–water partition coefficient (Wildman–Crippen LogP) is 10.1. The van der Waals surface area contributed by atoms with Crippen LogP contribution >= 0.6 is 0 Å². The van der Waals surface area contributed by atoms with E-state index in [1.807, 2.05) is 0 Å². The Balaban J connectivity index is 1.44. The van der Waals surface area contributed by atoms with Crippen molar-refractivity contribution in [3.63, 3.8) is 0 Å². The van der Waals surface area contributed by atoms with Crippen LogP contribution < -0.4 is 4.90 Å². The third kappa shape index (κ3) is 5.53. The second kappa shape index (κ2) is 9.88. The summed E-state index contributed by atoms with van der Waals surface area (Å²) in [5, 5.41) is 0. The van der Waals surface area contributed by atoms with Crippen molar-refractivity contribution in [2.24, 2.45) is 5.41 Å². The molecule has 0 aromatic heterocycles. The zero-order valence-electron chi connectivity index (χ0n) is 23.5. The van der Waals surface area contributed by atoms with E-state index in [-0.39, 0.29) is 10.8 Å². The van der Waals surface area contributed by atoms with Crippen LogP contribution in [0.15, 0.2) is 113 Å². The van der Waals surface area contributed by atoms with E-state index in [9.17, 15) is 0 Å². The van der Waals surface area contributed by atoms with E-state index in [1.54, 1.807) is 0 Å². The van der Waals surface area contributed by atoms with E-state index < -0.39 is 0 Å². The lowest BCUT2D eigenvalue weighted by Gasteiger charge is -2.30. The molecule has 37 heavy (non-hydrogen) atoms. The summed E-state index contributed by atoms with van der Waals surface area (Å²) in [6.07, 6.45) is 14.7. The van der Waals surface area contributed by atoms with Crippen LogP contribution in [0.25, 0.3) is 5.57 Å². The van der Waals surface area contributed by atoms with Crippen molar-refractivity contribution in [2.75, 3.05) is 4.90 Å². The molecule has 0 bridgehead atoms. The second-order valence-electron chi connectivity index (χ2n) is 12.7. The average Bonchev–Trinajstić information content (AvgIpc) is 3.56. The van der Waals surface area contributed by atoms with Crippen LogP contribution in [-0.2, 0) is 5.41 Å². The van der Waals surface area contributed by atoms with Gasteiger partial charge >= 0.3 is 0 Å². The van der Waals surface area contributed by atoms with E-state index in [0.717, 1.165) is 32.1 Å². The van der Waals surface area contributed by atoms with Gasteiger partial charge in [-0.05, 0) is 77.0 Å². The van der Waals surface area contributed by atoms with Crippen LogP contribution in [0.3, 0.4) is 0 Å². The monoisotopic (exact) mass is 487 g/mol. The molecule has 3 aliphatic rings. The van der Waals surface area contributed by atoms with Gasteiger partial charge in [-0.25, -0.2) is 0 Å². The predicted molar refractivity (Wildman–Crippen MR) is 159 cm³/mol. The molecule has 0 N–H and O–H groups in total. The van der Waals surface area contributed by atoms with Crippen LogP contribution in [0, 0.1) is 5.41 Å². The number of allylic oxidation sites excluding steroid dienone is 9. The lowest BCUT2D eigenvalue weighted by molar-refractivity contribution is 0.494. The minimum absolute atomic E-state index is 0.173. The summed E-state index contributed by atoms with van der Waals surface area (Å²) in [6.45, 7) is 13.8. The highest BCUT2D eigenvalue weighted by Crippen LogP contribution is 2.41. The molecule has 0 fully saturated rings. The molecular formula is C36H41N. The van der Waals surface area contributed by atoms with Crippen molar-refractivity contribution in [3.8, 4) is 0 Å². The smallest absolute Gasteiger partial charge is 0.0659 e. The number of benzene rings is 2. The zero-order valence-corrected chi connectivity index (χ0v) is 23.5. The Morgan fingerprint density at radius 2 is 1.35 bits per heavy atom. The molecule has 2 aromatic carbocycles. The molecule has 2 aromatic rings. The molecule has 0 amide bonds. The molecule has 1 heteroatoms. The van der Waals surface area contributed by atoms with Crippen LogP contribution in [0.5, 0.6) is 0 Å². The van der Waals surface area contributed by atoms with E-state index in [4.69, 9.17) is 0 Å². The van der Waals surface area contributed by atoms with Gasteiger partial charge in [0.15, 0.2) is 0 Å². The maximum Gasteiger partial charge on any atom is 0.0659 e. The first-order chi connectivity index (χ1) is 17.6. The molecule has 0 radical (unpaired) electrons. The van der Waals surface area contributed by atoms with Crippen molar-refractivity contribution in [3.05, 3.63) is 124 Å². The Morgan fingerprint density at radius 3 is 1.95 bits per heavy atom. The highest BCUT2D eigenvalue weighted by molar-refractivity contribution is 5.71. The first-order valence-corrected chi connectivity index (χ1v) is 13.8. The first-order valence-electron chi connectivity index (χ1n) is 13.8. The largest absolute Gasteiger partial charge is 0.311 e. The topological polar surface area (TPSA) is 3.24 Å². The Bertz CT molecular complexity index is 1350. The van der Waals surface area contributed by atoms with Crippen LogP contribution in [0.2, 0.25) is 0 Å². The highest BCUT2D eigenvalue weighted by atomic mass is 15.2. The average molecular weight is 488 g/mol. The molecule has 0 heterocycles. The Hall–Kier alpha value is -3.28. The molecule has 0 spiro atoms. The lowest BCUT2D eigenvalue weighted by atomic mass is 9.83. The minimum Gasteiger partial charge on any atom is -0.311 e. The van der Waals surface area contributed by atoms with E-state index >= 15 is 0 Å². The SMILES string of the molecule is CC(C)(C)C1=CC=C(C2=CC=C(N(C3=C=C(c4ccc(C(C)(C)C)cc4)CC3)c3ccccc3)CC2)C1. The van der Waals surface area contributed by atoms with Gasteiger partial charge in [0.2, 0.25) is 0 Å². The maximum absolute atomic E-state index is 3.83. The molecule has 0 aliphatic heterocycles. The number of nitrogens with zero attached hydrogens (tertiary/aromatic N) is 1. The van der Waals surface area contributed by atoms with Crippen LogP contribution in [0.1, 0.15) is 84.8 Å². The zero-order chi connectivity index (χ0) is 26.2. The standard InChI is InChI=1S/C36H41N/c1-35(2,3)30-18-12-26(13-19-30)29-17-23-34(25-29)37(32-10-8-7-9-11-32)33-21-15-27(16-22-33)28-14-20-31(24-28)36(4,5)6/h7-15,18-21H,16-17,22-24H2,1-6H3. The summed E-state index contributed by atoms with van der Waals surface area (Å²) >= 11 is 0. The normalized spacial score (nSPS) is 18.0. The molecule has 0 atom stereocenters. The molecule has 0 saturated heterocycles. The minimum atomic E-state index is 0.173. The van der Waals surface area contributed by atoms with Crippen molar-refractivity contribution in [1.82, 2.24) is 0 Å². The van der Waals surface area contributed by atoms with Gasteiger partial charge < -0.3 is 4.90 Å². The highest BCUT2D eigenvalue weighted by Gasteiger charge is 2.26. The van der Waals surface area contributed by atoms with E-state index in [0.29, 0.717) is 0 Å². The number of anilines is 1. The lowest BCUT2D eigenvalue weighted by Crippen LogP contribution is -2.22. The summed E-state index contributed by atoms with van der Waals surface area (Å²) in [4.78, 5) is 2.46. The molecular weight excluding hydrogens is 446 g/mol. The van der Waals surface area contributed by atoms with Gasteiger partial charge in [0.05, 0.1) is 5.70 Å². The van der Waals surface area contributed by atoms with Gasteiger partial charge in [0, 0.05) is 23.4 Å². The first kappa shape index (κ1) is 25.4. The van der Waals surface area contributed by atoms with E-state index in [2.05, 4.69) is 131 Å². The quantitative estimate of drug-likeness (QED) is 0.379. The summed E-state index contributed by atoms with van der Waals surface area (Å²) in [6, 6.07) is 20.0. The maximum atomic E-state index is 3.83. The summed E-state index contributed by atoms with van der Waals surface area (Å²) in [7, 11) is 0. The van der Waals surface area contributed by atoms with Crippen LogP contribution in [-0.4, -0.2) is 0 Å².